The van der Waals surface area contributed by atoms with Crippen LogP contribution >= 0.6 is 0 Å². The summed E-state index contributed by atoms with van der Waals surface area (Å²) in [5, 5.41) is 0. The minimum Gasteiger partial charge on any atom is -0.399 e. The van der Waals surface area contributed by atoms with Crippen molar-refractivity contribution in [2.24, 2.45) is 0 Å². The van der Waals surface area contributed by atoms with Crippen LogP contribution in [0.5, 0.6) is 0 Å². The van der Waals surface area contributed by atoms with Crippen molar-refractivity contribution in [3.63, 3.8) is 0 Å². The van der Waals surface area contributed by atoms with Gasteiger partial charge in [0.25, 0.3) is 0 Å². The average Bonchev–Trinajstić information content (AvgIpc) is 3.20. The highest BCUT2D eigenvalue weighted by molar-refractivity contribution is 6.62. The summed E-state index contributed by atoms with van der Waals surface area (Å²) >= 11 is 0. The van der Waals surface area contributed by atoms with Crippen LogP contribution in [0, 0.1) is 27.7 Å². The van der Waals surface area contributed by atoms with E-state index in [0.717, 1.165) is 39.6 Å². The third-order valence-electron chi connectivity index (χ3n) is 8.92. The van der Waals surface area contributed by atoms with Gasteiger partial charge in [-0.05, 0) is 150 Å². The average molecular weight is 595 g/mol. The molecule has 0 N–H and O–H groups in total. The zero-order valence-electron chi connectivity index (χ0n) is 27.8. The zero-order chi connectivity index (χ0) is 31.9. The summed E-state index contributed by atoms with van der Waals surface area (Å²) in [6.07, 6.45) is 0. The molecule has 0 saturated carbocycles. The van der Waals surface area contributed by atoms with Gasteiger partial charge in [0.15, 0.2) is 0 Å². The van der Waals surface area contributed by atoms with Crippen LogP contribution in [0.1, 0.15) is 49.9 Å². The quantitative estimate of drug-likeness (QED) is 0.175. The lowest BCUT2D eigenvalue weighted by Crippen LogP contribution is -2.41. The molecule has 4 nitrogen and oxygen atoms in total. The van der Waals surface area contributed by atoms with Crippen LogP contribution in [0.25, 0.3) is 0 Å². The molecular weight excluding hydrogens is 551 g/mol. The monoisotopic (exact) mass is 594 g/mol. The molecule has 0 bridgehead atoms. The molecule has 45 heavy (non-hydrogen) atoms. The summed E-state index contributed by atoms with van der Waals surface area (Å²) in [5.74, 6) is 0. The fourth-order valence-corrected chi connectivity index (χ4v) is 6.20. The van der Waals surface area contributed by atoms with Gasteiger partial charge in [-0.2, -0.15) is 0 Å². The minimum atomic E-state index is -0.526. The van der Waals surface area contributed by atoms with E-state index in [1.807, 2.05) is 0 Å². The summed E-state index contributed by atoms with van der Waals surface area (Å²) in [6, 6.07) is 41.3. The molecule has 0 spiro atoms. The number of anilines is 6. The Morgan fingerprint density at radius 3 is 1.11 bits per heavy atom. The van der Waals surface area contributed by atoms with E-state index in [1.54, 1.807) is 0 Å². The first-order chi connectivity index (χ1) is 21.4. The van der Waals surface area contributed by atoms with Crippen LogP contribution < -0.4 is 15.3 Å². The predicted octanol–water partition coefficient (Wildman–Crippen LogP) is 10.2. The molecule has 1 fully saturated rings. The molecule has 1 saturated heterocycles. The molecule has 5 heteroatoms. The maximum Gasteiger partial charge on any atom is 0.494 e. The van der Waals surface area contributed by atoms with E-state index in [-0.39, 0.29) is 0 Å². The molecule has 5 aromatic carbocycles. The molecule has 1 aliphatic heterocycles. The molecule has 1 aliphatic rings. The Kier molecular flexibility index (Phi) is 8.11. The van der Waals surface area contributed by atoms with Crippen LogP contribution in [0.3, 0.4) is 0 Å². The first kappa shape index (κ1) is 30.7. The second-order valence-corrected chi connectivity index (χ2v) is 13.4. The molecular formula is C40H43BN2O2. The number of para-hydroxylation sites is 2. The normalized spacial score (nSPS) is 15.2. The summed E-state index contributed by atoms with van der Waals surface area (Å²) in [4.78, 5) is 4.67. The van der Waals surface area contributed by atoms with Gasteiger partial charge in [-0.25, -0.2) is 0 Å². The Morgan fingerprint density at radius 1 is 0.422 bits per heavy atom. The molecule has 0 unspecified atom stereocenters. The van der Waals surface area contributed by atoms with E-state index in [0.29, 0.717) is 0 Å². The van der Waals surface area contributed by atoms with Crippen LogP contribution in [0.4, 0.5) is 34.1 Å². The third-order valence-corrected chi connectivity index (χ3v) is 8.92. The van der Waals surface area contributed by atoms with Gasteiger partial charge >= 0.3 is 7.12 Å². The largest absolute Gasteiger partial charge is 0.494 e. The first-order valence-electron chi connectivity index (χ1n) is 15.8. The number of nitrogens with zero attached hydrogens (tertiary/aromatic N) is 2. The van der Waals surface area contributed by atoms with Crippen LogP contribution in [0.15, 0.2) is 115 Å². The number of rotatable bonds is 7. The number of aryl methyl sites for hydroxylation is 4. The summed E-state index contributed by atoms with van der Waals surface area (Å²) in [6.45, 7) is 17.0. The second kappa shape index (κ2) is 11.9. The Balaban J connectivity index is 1.63. The van der Waals surface area contributed by atoms with Crippen LogP contribution in [-0.2, 0) is 9.31 Å². The Bertz CT molecular complexity index is 1650. The number of hydrogen-bond donors (Lipinski definition) is 0. The lowest BCUT2D eigenvalue weighted by atomic mass is 9.78. The molecule has 1 heterocycles. The van der Waals surface area contributed by atoms with E-state index in [1.165, 1.54) is 22.3 Å². The van der Waals surface area contributed by atoms with Crippen molar-refractivity contribution in [2.75, 3.05) is 9.80 Å². The maximum absolute atomic E-state index is 6.66. The molecule has 5 aromatic rings. The lowest BCUT2D eigenvalue weighted by molar-refractivity contribution is 0.00578. The van der Waals surface area contributed by atoms with Gasteiger partial charge in [-0.15, -0.1) is 0 Å². The van der Waals surface area contributed by atoms with E-state index < -0.39 is 18.3 Å². The van der Waals surface area contributed by atoms with E-state index in [4.69, 9.17) is 9.31 Å². The third kappa shape index (κ3) is 6.29. The highest BCUT2D eigenvalue weighted by atomic mass is 16.7. The van der Waals surface area contributed by atoms with Gasteiger partial charge in [-0.3, -0.25) is 0 Å². The van der Waals surface area contributed by atoms with Crippen molar-refractivity contribution < 1.29 is 9.31 Å². The van der Waals surface area contributed by atoms with E-state index in [9.17, 15) is 0 Å². The molecule has 6 rings (SSSR count). The van der Waals surface area contributed by atoms with Crippen molar-refractivity contribution in [2.45, 2.75) is 66.6 Å². The first-order valence-corrected chi connectivity index (χ1v) is 15.8. The van der Waals surface area contributed by atoms with Gasteiger partial charge in [0.1, 0.15) is 0 Å². The fraction of sp³-hybridized carbons (Fsp3) is 0.250. The fourth-order valence-electron chi connectivity index (χ4n) is 6.20. The second-order valence-electron chi connectivity index (χ2n) is 13.4. The Labute approximate surface area is 269 Å². The van der Waals surface area contributed by atoms with Gasteiger partial charge in [-0.1, -0.05) is 48.5 Å². The van der Waals surface area contributed by atoms with Gasteiger partial charge in [0, 0.05) is 34.1 Å². The van der Waals surface area contributed by atoms with Crippen molar-refractivity contribution in [3.8, 4) is 0 Å². The molecule has 0 atom stereocenters. The van der Waals surface area contributed by atoms with Gasteiger partial charge < -0.3 is 19.1 Å². The zero-order valence-corrected chi connectivity index (χ0v) is 27.8. The molecule has 0 amide bonds. The van der Waals surface area contributed by atoms with Gasteiger partial charge in [0.05, 0.1) is 11.2 Å². The standard InChI is InChI=1S/C40H43BN2O2/c1-28-19-29(2)22-35(21-28)42(33-15-11-9-12-16-33)37-25-32(41-44-39(5,6)40(7,8)45-41)26-38(27-37)43(34-17-13-10-14-18-34)36-23-30(3)20-31(4)24-36/h9-27H,1-8H3. The van der Waals surface area contributed by atoms with Crippen molar-refractivity contribution >= 4 is 46.7 Å². The smallest absolute Gasteiger partial charge is 0.399 e. The number of benzene rings is 5. The number of hydrogen-bond acceptors (Lipinski definition) is 4. The summed E-state index contributed by atoms with van der Waals surface area (Å²) < 4.78 is 13.3. The topological polar surface area (TPSA) is 24.9 Å². The minimum absolute atomic E-state index is 0.465. The SMILES string of the molecule is Cc1cc(C)cc(N(c2ccccc2)c2cc(B3OC(C)(C)C(C)(C)O3)cc(N(c3ccccc3)c3cc(C)cc(C)c3)c2)c1. The highest BCUT2D eigenvalue weighted by Gasteiger charge is 2.52. The summed E-state index contributed by atoms with van der Waals surface area (Å²) in [5.41, 5.74) is 11.3. The molecule has 228 valence electrons. The predicted molar refractivity (Wildman–Crippen MR) is 190 cm³/mol. The van der Waals surface area contributed by atoms with Crippen LogP contribution in [-0.4, -0.2) is 18.3 Å². The van der Waals surface area contributed by atoms with Gasteiger partial charge in [0.2, 0.25) is 0 Å². The lowest BCUT2D eigenvalue weighted by Gasteiger charge is -2.32. The Hall–Kier alpha value is -4.32. The highest BCUT2D eigenvalue weighted by Crippen LogP contribution is 2.42. The van der Waals surface area contributed by atoms with E-state index >= 15 is 0 Å². The van der Waals surface area contributed by atoms with Crippen molar-refractivity contribution in [1.29, 1.82) is 0 Å². The van der Waals surface area contributed by atoms with Crippen molar-refractivity contribution in [1.82, 2.24) is 0 Å². The maximum atomic E-state index is 6.66. The molecule has 0 aromatic heterocycles. The Morgan fingerprint density at radius 2 is 0.756 bits per heavy atom. The molecule has 0 radical (unpaired) electrons. The van der Waals surface area contributed by atoms with Crippen molar-refractivity contribution in [3.05, 3.63) is 138 Å². The molecule has 0 aliphatic carbocycles. The van der Waals surface area contributed by atoms with Crippen LogP contribution in [0.2, 0.25) is 0 Å². The van der Waals surface area contributed by atoms with E-state index in [2.05, 4.69) is 180 Å². The summed E-state index contributed by atoms with van der Waals surface area (Å²) in [7, 11) is -0.526.